The number of hydrogen-bond donors (Lipinski definition) is 1. The molecule has 0 spiro atoms. The van der Waals surface area contributed by atoms with E-state index in [2.05, 4.69) is 42.8 Å². The molecule has 1 fully saturated rings. The van der Waals surface area contributed by atoms with Crippen LogP contribution in [-0.4, -0.2) is 12.6 Å². The predicted octanol–water partition coefficient (Wildman–Crippen LogP) is 4.54. The van der Waals surface area contributed by atoms with Crippen molar-refractivity contribution < 1.29 is 4.74 Å². The Kier molecular flexibility index (Phi) is 4.50. The van der Waals surface area contributed by atoms with Crippen molar-refractivity contribution in [1.29, 1.82) is 0 Å². The van der Waals surface area contributed by atoms with Gasteiger partial charge in [0.15, 0.2) is 0 Å². The zero-order valence-electron chi connectivity index (χ0n) is 13.0. The third-order valence-corrected chi connectivity index (χ3v) is 4.76. The molecule has 2 atom stereocenters. The molecular weight excluding hydrogens is 314 g/mol. The maximum atomic E-state index is 6.76. The first-order chi connectivity index (χ1) is 9.23. The molecule has 0 radical (unpaired) electrons. The van der Waals surface area contributed by atoms with Gasteiger partial charge in [-0.3, -0.25) is 0 Å². The Morgan fingerprint density at radius 2 is 2.05 bits per heavy atom. The topological polar surface area (TPSA) is 35.2 Å². The second-order valence-corrected chi connectivity index (χ2v) is 8.27. The summed E-state index contributed by atoms with van der Waals surface area (Å²) in [5, 5.41) is 0. The minimum atomic E-state index is -0.130. The van der Waals surface area contributed by atoms with Gasteiger partial charge < -0.3 is 10.5 Å². The second-order valence-electron chi connectivity index (χ2n) is 7.35. The monoisotopic (exact) mass is 339 g/mol. The molecule has 2 nitrogen and oxygen atoms in total. The standard InChI is InChI=1S/C17H26BrNO/c1-12-8-16(2,3)11-17(19,9-12)10-13-7-14(18)5-6-15(13)20-4/h5-7,12H,8-11,19H2,1-4H3. The normalized spacial score (nSPS) is 29.2. The Morgan fingerprint density at radius 3 is 2.65 bits per heavy atom. The van der Waals surface area contributed by atoms with Gasteiger partial charge >= 0.3 is 0 Å². The van der Waals surface area contributed by atoms with E-state index in [0.29, 0.717) is 11.3 Å². The van der Waals surface area contributed by atoms with Crippen LogP contribution in [0.2, 0.25) is 0 Å². The maximum absolute atomic E-state index is 6.76. The van der Waals surface area contributed by atoms with Gasteiger partial charge in [0.05, 0.1) is 7.11 Å². The Bertz CT molecular complexity index is 486. The van der Waals surface area contributed by atoms with E-state index in [0.717, 1.165) is 29.5 Å². The van der Waals surface area contributed by atoms with Gasteiger partial charge in [0.1, 0.15) is 5.75 Å². The molecule has 2 rings (SSSR count). The number of benzene rings is 1. The van der Waals surface area contributed by atoms with Gasteiger partial charge in [-0.2, -0.15) is 0 Å². The summed E-state index contributed by atoms with van der Waals surface area (Å²) in [6.45, 7) is 6.99. The first-order valence-electron chi connectivity index (χ1n) is 7.34. The summed E-state index contributed by atoms with van der Waals surface area (Å²) >= 11 is 3.55. The summed E-state index contributed by atoms with van der Waals surface area (Å²) in [5.41, 5.74) is 8.16. The first-order valence-corrected chi connectivity index (χ1v) is 8.14. The van der Waals surface area contributed by atoms with E-state index in [1.54, 1.807) is 7.11 Å². The Balaban J connectivity index is 2.26. The third kappa shape index (κ3) is 3.76. The van der Waals surface area contributed by atoms with Crippen molar-refractivity contribution in [2.45, 2.75) is 52.0 Å². The molecule has 2 unspecified atom stereocenters. The van der Waals surface area contributed by atoms with Crippen LogP contribution in [0.25, 0.3) is 0 Å². The van der Waals surface area contributed by atoms with Crippen LogP contribution in [0.3, 0.4) is 0 Å². The number of hydrogen-bond acceptors (Lipinski definition) is 2. The highest BCUT2D eigenvalue weighted by atomic mass is 79.9. The minimum absolute atomic E-state index is 0.130. The van der Waals surface area contributed by atoms with E-state index in [1.165, 1.54) is 12.0 Å². The Hall–Kier alpha value is -0.540. The van der Waals surface area contributed by atoms with E-state index in [1.807, 2.05) is 12.1 Å². The van der Waals surface area contributed by atoms with Gasteiger partial charge in [-0.15, -0.1) is 0 Å². The fourth-order valence-corrected chi connectivity index (χ4v) is 4.61. The molecule has 1 aromatic rings. The highest BCUT2D eigenvalue weighted by Crippen LogP contribution is 2.44. The number of halogens is 1. The SMILES string of the molecule is COc1ccc(Br)cc1CC1(N)CC(C)CC(C)(C)C1. The molecule has 0 aromatic heterocycles. The maximum Gasteiger partial charge on any atom is 0.122 e. The molecule has 0 heterocycles. The lowest BCUT2D eigenvalue weighted by atomic mass is 9.63. The van der Waals surface area contributed by atoms with Gasteiger partial charge in [-0.25, -0.2) is 0 Å². The lowest BCUT2D eigenvalue weighted by Crippen LogP contribution is -2.50. The summed E-state index contributed by atoms with van der Waals surface area (Å²) in [7, 11) is 1.73. The molecule has 0 aliphatic heterocycles. The van der Waals surface area contributed by atoms with Crippen LogP contribution in [0.15, 0.2) is 22.7 Å². The number of methoxy groups -OCH3 is 1. The lowest BCUT2D eigenvalue weighted by molar-refractivity contribution is 0.107. The van der Waals surface area contributed by atoms with Crippen molar-refractivity contribution >= 4 is 15.9 Å². The predicted molar refractivity (Wildman–Crippen MR) is 88.1 cm³/mol. The van der Waals surface area contributed by atoms with Crippen molar-refractivity contribution in [3.63, 3.8) is 0 Å². The molecular formula is C17H26BrNO. The van der Waals surface area contributed by atoms with Crippen molar-refractivity contribution in [3.8, 4) is 5.75 Å². The van der Waals surface area contributed by atoms with Crippen LogP contribution in [0.1, 0.15) is 45.6 Å². The minimum Gasteiger partial charge on any atom is -0.496 e. The van der Waals surface area contributed by atoms with Crippen LogP contribution >= 0.6 is 15.9 Å². The molecule has 3 heteroatoms. The van der Waals surface area contributed by atoms with Crippen molar-refractivity contribution in [1.82, 2.24) is 0 Å². The highest BCUT2D eigenvalue weighted by Gasteiger charge is 2.40. The summed E-state index contributed by atoms with van der Waals surface area (Å²) in [6.07, 6.45) is 4.30. The summed E-state index contributed by atoms with van der Waals surface area (Å²) in [5.74, 6) is 1.62. The zero-order valence-corrected chi connectivity index (χ0v) is 14.6. The Morgan fingerprint density at radius 1 is 1.35 bits per heavy atom. The second kappa shape index (κ2) is 5.69. The fraction of sp³-hybridized carbons (Fsp3) is 0.647. The van der Waals surface area contributed by atoms with Crippen molar-refractivity contribution in [3.05, 3.63) is 28.2 Å². The summed E-state index contributed by atoms with van der Waals surface area (Å²) < 4.78 is 6.57. The molecule has 1 saturated carbocycles. The van der Waals surface area contributed by atoms with E-state index in [-0.39, 0.29) is 5.54 Å². The molecule has 112 valence electrons. The average Bonchev–Trinajstić information content (AvgIpc) is 2.24. The summed E-state index contributed by atoms with van der Waals surface area (Å²) in [4.78, 5) is 0. The Labute approximate surface area is 131 Å². The van der Waals surface area contributed by atoms with Gasteiger partial charge in [0.2, 0.25) is 0 Å². The number of rotatable bonds is 3. The summed E-state index contributed by atoms with van der Waals surface area (Å²) in [6, 6.07) is 6.17. The largest absolute Gasteiger partial charge is 0.496 e. The van der Waals surface area contributed by atoms with Crippen molar-refractivity contribution in [2.24, 2.45) is 17.1 Å². The number of ether oxygens (including phenoxy) is 1. The van der Waals surface area contributed by atoms with Crippen LogP contribution in [0, 0.1) is 11.3 Å². The molecule has 20 heavy (non-hydrogen) atoms. The lowest BCUT2D eigenvalue weighted by Gasteiger charge is -2.46. The smallest absolute Gasteiger partial charge is 0.122 e. The van der Waals surface area contributed by atoms with Gasteiger partial charge in [-0.1, -0.05) is 36.7 Å². The van der Waals surface area contributed by atoms with Crippen molar-refractivity contribution in [2.75, 3.05) is 7.11 Å². The molecule has 0 amide bonds. The quantitative estimate of drug-likeness (QED) is 0.876. The van der Waals surface area contributed by atoms with E-state index >= 15 is 0 Å². The highest BCUT2D eigenvalue weighted by molar-refractivity contribution is 9.10. The average molecular weight is 340 g/mol. The molecule has 1 aliphatic rings. The third-order valence-electron chi connectivity index (χ3n) is 4.27. The van der Waals surface area contributed by atoms with Gasteiger partial charge in [0.25, 0.3) is 0 Å². The van der Waals surface area contributed by atoms with E-state index in [9.17, 15) is 0 Å². The van der Waals surface area contributed by atoms with Crippen LogP contribution in [0.5, 0.6) is 5.75 Å². The molecule has 1 aliphatic carbocycles. The van der Waals surface area contributed by atoms with Gasteiger partial charge in [-0.05, 0) is 60.8 Å². The number of nitrogens with two attached hydrogens (primary N) is 1. The van der Waals surface area contributed by atoms with E-state index < -0.39 is 0 Å². The van der Waals surface area contributed by atoms with Crippen LogP contribution < -0.4 is 10.5 Å². The zero-order chi connectivity index (χ0) is 15.0. The molecule has 1 aromatic carbocycles. The molecule has 2 N–H and O–H groups in total. The van der Waals surface area contributed by atoms with Gasteiger partial charge in [0, 0.05) is 10.0 Å². The fourth-order valence-electron chi connectivity index (χ4n) is 4.21. The first kappa shape index (κ1) is 15.8. The van der Waals surface area contributed by atoms with Crippen LogP contribution in [0.4, 0.5) is 0 Å². The van der Waals surface area contributed by atoms with Crippen LogP contribution in [-0.2, 0) is 6.42 Å². The van der Waals surface area contributed by atoms with E-state index in [4.69, 9.17) is 10.5 Å². The molecule has 0 bridgehead atoms. The molecule has 0 saturated heterocycles.